The Kier molecular flexibility index (Phi) is 5.92. The van der Waals surface area contributed by atoms with Crippen LogP contribution in [0.15, 0.2) is 42.9 Å². The van der Waals surface area contributed by atoms with E-state index < -0.39 is 20.3 Å². The molecule has 5 rings (SSSR count). The third kappa shape index (κ3) is 4.44. The number of rotatable bonds is 5. The maximum Gasteiger partial charge on any atom is 0.192 e. The summed E-state index contributed by atoms with van der Waals surface area (Å²) in [5.41, 5.74) is 2.29. The van der Waals surface area contributed by atoms with Gasteiger partial charge in [0.25, 0.3) is 0 Å². The lowest BCUT2D eigenvalue weighted by atomic mass is 10.1. The van der Waals surface area contributed by atoms with Gasteiger partial charge in [-0.25, -0.2) is 14.4 Å². The fraction of sp³-hybridized carbons (Fsp3) is 0.538. The van der Waals surface area contributed by atoms with Crippen LogP contribution in [0.25, 0.3) is 22.3 Å². The zero-order valence-electron chi connectivity index (χ0n) is 21.4. The summed E-state index contributed by atoms with van der Waals surface area (Å²) in [6, 6.07) is 8.28. The Morgan fingerprint density at radius 3 is 2.43 bits per heavy atom. The van der Waals surface area contributed by atoms with Gasteiger partial charge >= 0.3 is 0 Å². The Morgan fingerprint density at radius 1 is 1.06 bits per heavy atom. The van der Waals surface area contributed by atoms with Gasteiger partial charge in [-0.05, 0) is 62.3 Å². The lowest BCUT2D eigenvalue weighted by molar-refractivity contribution is -0.199. The molecule has 0 N–H and O–H groups in total. The smallest absolute Gasteiger partial charge is 0.192 e. The van der Waals surface area contributed by atoms with E-state index in [0.29, 0.717) is 6.61 Å². The minimum Gasteiger partial charge on any atom is -0.414 e. The molecule has 2 aliphatic rings. The van der Waals surface area contributed by atoms with Crippen LogP contribution < -0.4 is 0 Å². The molecule has 1 aromatic carbocycles. The van der Waals surface area contributed by atoms with Crippen molar-refractivity contribution < 1.29 is 23.0 Å². The van der Waals surface area contributed by atoms with E-state index in [1.54, 1.807) is 12.1 Å². The van der Waals surface area contributed by atoms with Gasteiger partial charge in [0.15, 0.2) is 20.3 Å². The fourth-order valence-corrected chi connectivity index (χ4v) is 5.55. The molecule has 0 unspecified atom stereocenters. The Balaban J connectivity index is 1.47. The molecule has 4 heterocycles. The minimum atomic E-state index is -1.96. The number of hydrogen-bond donors (Lipinski definition) is 0. The Labute approximate surface area is 206 Å². The van der Waals surface area contributed by atoms with Gasteiger partial charge in [0.05, 0.1) is 12.3 Å². The number of hydrogen-bond acceptors (Lipinski definition) is 6. The molecule has 4 atom stereocenters. The van der Waals surface area contributed by atoms with Crippen molar-refractivity contribution in [3.05, 3.63) is 48.7 Å². The molecule has 2 aromatic heterocycles. The summed E-state index contributed by atoms with van der Waals surface area (Å²) < 4.78 is 41.1. The molecule has 0 aliphatic carbocycles. The maximum atomic E-state index is 13.5. The molecule has 2 saturated heterocycles. The lowest BCUT2D eigenvalue weighted by Gasteiger charge is -2.37. The molecule has 2 aliphatic heterocycles. The normalized spacial score (nSPS) is 26.4. The molecule has 0 radical (unpaired) electrons. The van der Waals surface area contributed by atoms with Gasteiger partial charge in [0, 0.05) is 17.1 Å². The second kappa shape index (κ2) is 8.45. The molecule has 3 aromatic rings. The molecule has 0 bridgehead atoms. The molecule has 0 amide bonds. The van der Waals surface area contributed by atoms with Gasteiger partial charge < -0.3 is 23.2 Å². The average Bonchev–Trinajstić information content (AvgIpc) is 3.42. The van der Waals surface area contributed by atoms with Crippen molar-refractivity contribution in [3.8, 4) is 11.3 Å². The summed E-state index contributed by atoms with van der Waals surface area (Å²) >= 11 is 0. The monoisotopic (exact) mass is 499 g/mol. The molecule has 0 spiro atoms. The first kappa shape index (κ1) is 24.5. The second-order valence-corrected chi connectivity index (χ2v) is 16.2. The molecule has 188 valence electrons. The highest BCUT2D eigenvalue weighted by Gasteiger charge is 2.56. The van der Waals surface area contributed by atoms with Crippen molar-refractivity contribution in [1.82, 2.24) is 14.5 Å². The molecule has 0 saturated carbocycles. The Morgan fingerprint density at radius 2 is 1.74 bits per heavy atom. The molecular formula is C26H34FN3O4Si. The van der Waals surface area contributed by atoms with Crippen LogP contribution in [0, 0.1) is 5.82 Å². The average molecular weight is 500 g/mol. The first-order valence-electron chi connectivity index (χ1n) is 12.1. The number of benzene rings is 1. The van der Waals surface area contributed by atoms with Crippen molar-refractivity contribution in [2.24, 2.45) is 0 Å². The van der Waals surface area contributed by atoms with Crippen molar-refractivity contribution >= 4 is 19.4 Å². The molecule has 7 nitrogen and oxygen atoms in total. The summed E-state index contributed by atoms with van der Waals surface area (Å²) in [7, 11) is -1.96. The Bertz CT molecular complexity index is 1220. The topological polar surface area (TPSA) is 67.6 Å². The zero-order chi connectivity index (χ0) is 25.2. The van der Waals surface area contributed by atoms with Crippen LogP contribution in [0.2, 0.25) is 18.1 Å². The predicted molar refractivity (Wildman–Crippen MR) is 134 cm³/mol. The number of fused-ring (bicyclic) bond motifs is 2. The highest BCUT2D eigenvalue weighted by Crippen LogP contribution is 2.45. The van der Waals surface area contributed by atoms with Crippen LogP contribution >= 0.6 is 0 Å². The molecule has 35 heavy (non-hydrogen) atoms. The first-order valence-corrected chi connectivity index (χ1v) is 15.0. The number of nitrogens with zero attached hydrogens (tertiary/aromatic N) is 3. The first-order chi connectivity index (χ1) is 16.4. The molecular weight excluding hydrogens is 465 g/mol. The van der Waals surface area contributed by atoms with Crippen molar-refractivity contribution in [3.63, 3.8) is 0 Å². The third-order valence-corrected chi connectivity index (χ3v) is 11.9. The van der Waals surface area contributed by atoms with E-state index in [4.69, 9.17) is 18.6 Å². The summed E-state index contributed by atoms with van der Waals surface area (Å²) in [5, 5.41) is 0.958. The van der Waals surface area contributed by atoms with Crippen LogP contribution in [0.3, 0.4) is 0 Å². The van der Waals surface area contributed by atoms with Crippen molar-refractivity contribution in [1.29, 1.82) is 0 Å². The highest BCUT2D eigenvalue weighted by molar-refractivity contribution is 6.74. The summed E-state index contributed by atoms with van der Waals surface area (Å²) in [4.78, 5) is 9.03. The van der Waals surface area contributed by atoms with Gasteiger partial charge in [-0.1, -0.05) is 20.8 Å². The van der Waals surface area contributed by atoms with Gasteiger partial charge in [-0.15, -0.1) is 0 Å². The quantitative estimate of drug-likeness (QED) is 0.421. The number of ether oxygens (including phenoxy) is 3. The van der Waals surface area contributed by atoms with Gasteiger partial charge in [0.1, 0.15) is 36.1 Å². The fourth-order valence-electron chi connectivity index (χ4n) is 4.54. The van der Waals surface area contributed by atoms with Crippen LogP contribution in [-0.4, -0.2) is 53.6 Å². The summed E-state index contributed by atoms with van der Waals surface area (Å²) in [6.45, 7) is 15.4. The van der Waals surface area contributed by atoms with Gasteiger partial charge in [-0.3, -0.25) is 0 Å². The van der Waals surface area contributed by atoms with E-state index in [1.165, 1.54) is 18.5 Å². The third-order valence-electron chi connectivity index (χ3n) is 7.44. The number of halogens is 1. The lowest BCUT2D eigenvalue weighted by Crippen LogP contribution is -2.44. The van der Waals surface area contributed by atoms with E-state index in [1.807, 2.05) is 30.7 Å². The van der Waals surface area contributed by atoms with Gasteiger partial charge in [-0.2, -0.15) is 0 Å². The predicted octanol–water partition coefficient (Wildman–Crippen LogP) is 5.68. The van der Waals surface area contributed by atoms with E-state index in [0.717, 1.165) is 22.3 Å². The van der Waals surface area contributed by atoms with E-state index >= 15 is 0 Å². The SMILES string of the molecule is CC1(C)O[C@@H]2[C@H](O1)[C@@H](CO[Si](C)(C)C(C)(C)C)O[C@H]2n1ccc2c(-c3ccc(F)cc3)ncnc21. The molecule has 9 heteroatoms. The summed E-state index contributed by atoms with van der Waals surface area (Å²) in [6.07, 6.45) is 2.21. The largest absolute Gasteiger partial charge is 0.414 e. The van der Waals surface area contributed by atoms with Crippen LogP contribution in [0.5, 0.6) is 0 Å². The minimum absolute atomic E-state index is 0.0982. The van der Waals surface area contributed by atoms with Crippen molar-refractivity contribution in [2.45, 2.75) is 83.1 Å². The van der Waals surface area contributed by atoms with Crippen LogP contribution in [0.1, 0.15) is 40.8 Å². The van der Waals surface area contributed by atoms with Crippen LogP contribution in [-0.2, 0) is 18.6 Å². The highest BCUT2D eigenvalue weighted by atomic mass is 28.4. The Hall–Kier alpha value is -2.17. The van der Waals surface area contributed by atoms with Crippen LogP contribution in [0.4, 0.5) is 4.39 Å². The number of aromatic nitrogens is 3. The van der Waals surface area contributed by atoms with E-state index in [2.05, 4.69) is 43.8 Å². The maximum absolute atomic E-state index is 13.5. The molecule has 2 fully saturated rings. The second-order valence-electron chi connectivity index (χ2n) is 11.4. The summed E-state index contributed by atoms with van der Waals surface area (Å²) in [5.74, 6) is -1.00. The standard InChI is InChI=1S/C26H34FN3O4Si/c1-25(2,3)35(6,7)31-14-19-21-22(34-26(4,5)33-21)24(32-19)30-13-12-18-20(28-15-29-23(18)30)16-8-10-17(27)11-9-16/h8-13,15,19,21-22,24H,14H2,1-7H3/t19-,21-,22-,24-/m1/s1. The zero-order valence-corrected chi connectivity index (χ0v) is 22.4. The van der Waals surface area contributed by atoms with E-state index in [-0.39, 0.29) is 29.2 Å². The van der Waals surface area contributed by atoms with E-state index in [9.17, 15) is 4.39 Å². The van der Waals surface area contributed by atoms with Crippen molar-refractivity contribution in [2.75, 3.05) is 6.61 Å². The van der Waals surface area contributed by atoms with Gasteiger partial charge in [0.2, 0.25) is 0 Å².